The van der Waals surface area contributed by atoms with Crippen molar-refractivity contribution in [3.8, 4) is 0 Å². The average molecular weight is 233 g/mol. The molecule has 0 aliphatic heterocycles. The van der Waals surface area contributed by atoms with Crippen molar-refractivity contribution >= 4 is 6.98 Å². The van der Waals surface area contributed by atoms with E-state index in [1.165, 1.54) is 0 Å². The molecule has 0 amide bonds. The first-order valence-electron chi connectivity index (χ1n) is 4.40. The van der Waals surface area contributed by atoms with E-state index >= 15 is 0 Å². The molecule has 0 saturated carbocycles. The van der Waals surface area contributed by atoms with Crippen LogP contribution in [0.4, 0.5) is 12.9 Å². The summed E-state index contributed by atoms with van der Waals surface area (Å²) >= 11 is 0. The van der Waals surface area contributed by atoms with Crippen molar-refractivity contribution in [2.24, 2.45) is 0 Å². The van der Waals surface area contributed by atoms with Gasteiger partial charge in [0.25, 0.3) is 0 Å². The molecular weight excluding hydrogens is 217 g/mol. The van der Waals surface area contributed by atoms with Gasteiger partial charge in [0, 0.05) is 6.04 Å². The molecule has 0 fully saturated rings. The Morgan fingerprint density at radius 1 is 1.36 bits per heavy atom. The van der Waals surface area contributed by atoms with Gasteiger partial charge in [0.15, 0.2) is 0 Å². The summed E-state index contributed by atoms with van der Waals surface area (Å²) in [6.45, 7) is 4.32. The van der Waals surface area contributed by atoms with E-state index in [1.54, 1.807) is 4.90 Å². The Balaban J connectivity index is 0. The molecule has 0 spiro atoms. The molecule has 78 valence electrons. The normalized spacial score (nSPS) is 11.7. The zero-order chi connectivity index (χ0) is 10.6. The van der Waals surface area contributed by atoms with Gasteiger partial charge in [-0.2, -0.15) is 0 Å². The smallest absolute Gasteiger partial charge is 0.445 e. The van der Waals surface area contributed by atoms with Crippen LogP contribution in [-0.2, 0) is 0 Å². The molecule has 0 bridgehead atoms. The number of halogens is 3. The van der Waals surface area contributed by atoms with E-state index < -0.39 is 12.4 Å². The molecule has 0 aliphatic rings. The van der Waals surface area contributed by atoms with Crippen LogP contribution in [0.25, 0.3) is 0 Å². The summed E-state index contributed by atoms with van der Waals surface area (Å²) in [4.78, 5) is 1.73. The number of hydrogen-bond acceptors (Lipinski definition) is 1. The molecule has 0 unspecified atom stereocenters. The summed E-state index contributed by atoms with van der Waals surface area (Å²) in [6, 6.07) is 0.125. The third-order valence-electron chi connectivity index (χ3n) is 2.01. The largest absolute Gasteiger partial charge is 1.00 e. The Morgan fingerprint density at radius 3 is 2.00 bits per heavy atom. The van der Waals surface area contributed by atoms with Crippen LogP contribution in [0.15, 0.2) is 12.1 Å². The van der Waals surface area contributed by atoms with Gasteiger partial charge < -0.3 is 17.8 Å². The second kappa shape index (κ2) is 7.46. The van der Waals surface area contributed by atoms with Gasteiger partial charge in [-0.1, -0.05) is 6.92 Å². The summed E-state index contributed by atoms with van der Waals surface area (Å²) in [5, 5.41) is 0. The zero-order valence-electron chi connectivity index (χ0n) is 9.36. The first-order valence-corrected chi connectivity index (χ1v) is 4.40. The third kappa shape index (κ3) is 6.63. The van der Waals surface area contributed by atoms with Gasteiger partial charge in [0.1, 0.15) is 0 Å². The van der Waals surface area contributed by atoms with E-state index in [0.29, 0.717) is 6.54 Å². The van der Waals surface area contributed by atoms with Gasteiger partial charge in [0.05, 0.1) is 0 Å². The van der Waals surface area contributed by atoms with Crippen LogP contribution in [-0.4, -0.2) is 31.0 Å². The van der Waals surface area contributed by atoms with Crippen molar-refractivity contribution in [3.05, 3.63) is 12.1 Å². The molecule has 1 nitrogen and oxygen atoms in total. The maximum atomic E-state index is 12.1. The standard InChI is InChI=1S/C8H16BF3N.K/c1-5-13(7(2)3)6-8(4)9(10,11)12;/h7H,4-6H2,1-3H3;/q-1;+1. The van der Waals surface area contributed by atoms with Gasteiger partial charge >= 0.3 is 58.4 Å². The number of nitrogens with zero attached hydrogens (tertiary/aromatic N) is 1. The second-order valence-corrected chi connectivity index (χ2v) is 3.39. The van der Waals surface area contributed by atoms with Crippen molar-refractivity contribution < 1.29 is 64.3 Å². The van der Waals surface area contributed by atoms with Crippen LogP contribution in [0.2, 0.25) is 0 Å². The molecule has 0 aromatic heterocycles. The monoisotopic (exact) mass is 233 g/mol. The maximum absolute atomic E-state index is 12.1. The summed E-state index contributed by atoms with van der Waals surface area (Å²) in [7, 11) is 0. The van der Waals surface area contributed by atoms with Crippen LogP contribution in [0.3, 0.4) is 0 Å². The molecule has 0 heterocycles. The number of rotatable bonds is 5. The van der Waals surface area contributed by atoms with Crippen LogP contribution in [0.1, 0.15) is 20.8 Å². The fourth-order valence-electron chi connectivity index (χ4n) is 1.02. The van der Waals surface area contributed by atoms with E-state index in [0.717, 1.165) is 0 Å². The molecule has 0 aromatic carbocycles. The van der Waals surface area contributed by atoms with Gasteiger partial charge in [-0.05, 0) is 26.9 Å². The summed E-state index contributed by atoms with van der Waals surface area (Å²) in [5.74, 6) is 0. The average Bonchev–Trinajstić information content (AvgIpc) is 1.96. The second-order valence-electron chi connectivity index (χ2n) is 3.39. The molecular formula is C8H16BF3KN. The Hall–Kier alpha value is 1.19. The van der Waals surface area contributed by atoms with E-state index in [2.05, 4.69) is 6.58 Å². The Labute approximate surface area is 127 Å². The topological polar surface area (TPSA) is 3.24 Å². The number of hydrogen-bond donors (Lipinski definition) is 0. The van der Waals surface area contributed by atoms with E-state index in [1.807, 2.05) is 20.8 Å². The summed E-state index contributed by atoms with van der Waals surface area (Å²) in [5.41, 5.74) is -0.615. The molecule has 0 N–H and O–H groups in total. The maximum Gasteiger partial charge on any atom is 1.00 e. The van der Waals surface area contributed by atoms with E-state index in [4.69, 9.17) is 0 Å². The first kappa shape index (κ1) is 17.6. The summed E-state index contributed by atoms with van der Waals surface area (Å²) < 4.78 is 36.4. The van der Waals surface area contributed by atoms with Crippen LogP contribution >= 0.6 is 0 Å². The first-order chi connectivity index (χ1) is 5.79. The van der Waals surface area contributed by atoms with Gasteiger partial charge in [-0.25, -0.2) is 0 Å². The Morgan fingerprint density at radius 2 is 1.79 bits per heavy atom. The van der Waals surface area contributed by atoms with Crippen LogP contribution in [0, 0.1) is 0 Å². The van der Waals surface area contributed by atoms with Gasteiger partial charge in [-0.15, -0.1) is 12.1 Å². The molecule has 0 aliphatic carbocycles. The Kier molecular flexibility index (Phi) is 9.37. The van der Waals surface area contributed by atoms with E-state index in [-0.39, 0.29) is 64.0 Å². The molecule has 0 saturated heterocycles. The van der Waals surface area contributed by atoms with Crippen LogP contribution < -0.4 is 51.4 Å². The minimum Gasteiger partial charge on any atom is -0.445 e. The molecule has 14 heavy (non-hydrogen) atoms. The quantitative estimate of drug-likeness (QED) is 0.587. The van der Waals surface area contributed by atoms with Crippen molar-refractivity contribution in [2.75, 3.05) is 13.1 Å². The minimum absolute atomic E-state index is 0. The summed E-state index contributed by atoms with van der Waals surface area (Å²) in [6.07, 6.45) is 0. The fraction of sp³-hybridized carbons (Fsp3) is 0.750. The minimum atomic E-state index is -4.87. The predicted octanol–water partition coefficient (Wildman–Crippen LogP) is -0.336. The SMILES string of the molecule is C=C(CN(CC)C(C)C)[B-](F)(F)F.[K+]. The molecule has 0 atom stereocenters. The van der Waals surface area contributed by atoms with Crippen molar-refractivity contribution in [1.29, 1.82) is 0 Å². The molecule has 0 rings (SSSR count). The van der Waals surface area contributed by atoms with Crippen molar-refractivity contribution in [1.82, 2.24) is 4.90 Å². The van der Waals surface area contributed by atoms with Crippen molar-refractivity contribution in [3.63, 3.8) is 0 Å². The molecule has 0 radical (unpaired) electrons. The number of likely N-dealkylation sites (N-methyl/N-ethyl adjacent to an activating group) is 1. The van der Waals surface area contributed by atoms with Crippen LogP contribution in [0.5, 0.6) is 0 Å². The Bertz CT molecular complexity index is 182. The fourth-order valence-corrected chi connectivity index (χ4v) is 1.02. The van der Waals surface area contributed by atoms with Crippen molar-refractivity contribution in [2.45, 2.75) is 26.8 Å². The third-order valence-corrected chi connectivity index (χ3v) is 2.01. The molecule has 6 heteroatoms. The zero-order valence-corrected chi connectivity index (χ0v) is 12.5. The molecule has 0 aromatic rings. The van der Waals surface area contributed by atoms with Gasteiger partial charge in [0.2, 0.25) is 0 Å². The van der Waals surface area contributed by atoms with Gasteiger partial charge in [-0.3, -0.25) is 0 Å². The van der Waals surface area contributed by atoms with E-state index in [9.17, 15) is 12.9 Å². The predicted molar refractivity (Wildman–Crippen MR) is 50.6 cm³/mol.